The van der Waals surface area contributed by atoms with E-state index in [1.165, 1.54) is 4.90 Å². The molecule has 4 amide bonds. The lowest BCUT2D eigenvalue weighted by Crippen LogP contribution is -2.58. The Hall–Kier alpha value is -4.08. The molecule has 0 aliphatic carbocycles. The number of rotatable bonds is 16. The van der Waals surface area contributed by atoms with Crippen LogP contribution >= 0.6 is 23.7 Å². The van der Waals surface area contributed by atoms with Crippen molar-refractivity contribution in [2.75, 3.05) is 24.5 Å². The number of aliphatic hydroxyl groups is 1. The summed E-state index contributed by atoms with van der Waals surface area (Å²) < 4.78 is 5.93. The number of benzene rings is 2. The van der Waals surface area contributed by atoms with Crippen molar-refractivity contribution in [2.24, 2.45) is 22.8 Å². The average molecular weight is 827 g/mol. The monoisotopic (exact) mass is 825 g/mol. The van der Waals surface area contributed by atoms with Crippen LogP contribution in [-0.2, 0) is 37.1 Å². The molecule has 2 aromatic carbocycles. The molecule has 5 atom stereocenters. The van der Waals surface area contributed by atoms with E-state index < -0.39 is 23.6 Å². The van der Waals surface area contributed by atoms with Crippen molar-refractivity contribution in [1.29, 1.82) is 0 Å². The summed E-state index contributed by atoms with van der Waals surface area (Å²) in [6.07, 6.45) is 1.78. The summed E-state index contributed by atoms with van der Waals surface area (Å²) in [5.41, 5.74) is 17.6. The number of aromatic nitrogens is 1. The minimum absolute atomic E-state index is 0. The highest BCUT2D eigenvalue weighted by atomic mass is 35.5. The third-order valence-electron chi connectivity index (χ3n) is 10.9. The number of hydrogen-bond acceptors (Lipinski definition) is 10. The Morgan fingerprint density at radius 3 is 2.28 bits per heavy atom. The highest BCUT2D eigenvalue weighted by molar-refractivity contribution is 7.13. The fourth-order valence-electron chi connectivity index (χ4n) is 7.36. The predicted molar refractivity (Wildman–Crippen MR) is 226 cm³/mol. The number of aliphatic hydroxyl groups excluding tert-OH is 1. The van der Waals surface area contributed by atoms with Gasteiger partial charge in [0, 0.05) is 57.2 Å². The van der Waals surface area contributed by atoms with Crippen LogP contribution in [0.1, 0.15) is 83.0 Å². The van der Waals surface area contributed by atoms with Crippen molar-refractivity contribution in [1.82, 2.24) is 20.5 Å². The highest BCUT2D eigenvalue weighted by Gasteiger charge is 2.44. The van der Waals surface area contributed by atoms with Gasteiger partial charge in [0.1, 0.15) is 12.1 Å². The SMILES string of the molecule is Cc1ncsc1-c1ccc(CNC(=O)[C@@H]2C[C@@H](O)CN2C(=O)[C@@H](NC(=O)CC2CCN(c3ccc(CO[C@H](C)[C@@H](N)CCC(N)=O)cc3)CC2)C(C)(C)C)cc1.Cl. The zero-order valence-corrected chi connectivity index (χ0v) is 35.4. The number of aryl methyl sites for hydroxylation is 1. The molecular formula is C42H60ClN7O6S. The smallest absolute Gasteiger partial charge is 0.246 e. The number of carbonyl (C=O) groups excluding carboxylic acids is 4. The number of primary amides is 1. The summed E-state index contributed by atoms with van der Waals surface area (Å²) in [7, 11) is 0. The molecule has 2 aliphatic rings. The lowest BCUT2D eigenvalue weighted by atomic mass is 9.85. The quantitative estimate of drug-likeness (QED) is 0.139. The number of amides is 4. The first-order chi connectivity index (χ1) is 26.6. The molecule has 5 rings (SSSR count). The maximum Gasteiger partial charge on any atom is 0.246 e. The number of piperidine rings is 1. The van der Waals surface area contributed by atoms with E-state index in [0.717, 1.165) is 58.9 Å². The molecule has 7 N–H and O–H groups in total. The van der Waals surface area contributed by atoms with Crippen LogP contribution in [0.15, 0.2) is 54.0 Å². The summed E-state index contributed by atoms with van der Waals surface area (Å²) >= 11 is 1.58. The van der Waals surface area contributed by atoms with Crippen LogP contribution < -0.4 is 27.0 Å². The van der Waals surface area contributed by atoms with Crippen LogP contribution in [0.2, 0.25) is 0 Å². The second-order valence-electron chi connectivity index (χ2n) is 16.4. The number of nitrogens with two attached hydrogens (primary N) is 2. The summed E-state index contributed by atoms with van der Waals surface area (Å²) in [5.74, 6) is -1.09. The number of hydrogen-bond donors (Lipinski definition) is 5. The number of carbonyl (C=O) groups is 4. The van der Waals surface area contributed by atoms with Crippen molar-refractivity contribution >= 4 is 53.1 Å². The predicted octanol–water partition coefficient (Wildman–Crippen LogP) is 4.45. The Morgan fingerprint density at radius 1 is 1.04 bits per heavy atom. The fourth-order valence-corrected chi connectivity index (χ4v) is 8.17. The van der Waals surface area contributed by atoms with E-state index in [-0.39, 0.29) is 80.0 Å². The Morgan fingerprint density at radius 2 is 1.68 bits per heavy atom. The van der Waals surface area contributed by atoms with Crippen LogP contribution in [0.25, 0.3) is 10.4 Å². The molecule has 2 saturated heterocycles. The van der Waals surface area contributed by atoms with Crippen LogP contribution in [0.3, 0.4) is 0 Å². The van der Waals surface area contributed by atoms with Crippen molar-refractivity contribution in [3.05, 3.63) is 70.9 Å². The Bertz CT molecular complexity index is 1790. The van der Waals surface area contributed by atoms with E-state index in [1.54, 1.807) is 11.3 Å². The van der Waals surface area contributed by atoms with Gasteiger partial charge in [-0.1, -0.05) is 57.2 Å². The number of halogens is 1. The van der Waals surface area contributed by atoms with Gasteiger partial charge in [0.15, 0.2) is 0 Å². The molecule has 3 aromatic rings. The summed E-state index contributed by atoms with van der Waals surface area (Å²) in [6, 6.07) is 14.2. The lowest BCUT2D eigenvalue weighted by Gasteiger charge is -2.36. The largest absolute Gasteiger partial charge is 0.391 e. The third-order valence-corrected chi connectivity index (χ3v) is 11.9. The molecule has 1 aromatic heterocycles. The number of nitrogens with one attached hydrogen (secondary N) is 2. The van der Waals surface area contributed by atoms with Crippen molar-refractivity contribution in [2.45, 2.75) is 117 Å². The molecule has 2 fully saturated rings. The van der Waals surface area contributed by atoms with Crippen molar-refractivity contribution in [3.8, 4) is 10.4 Å². The van der Waals surface area contributed by atoms with Crippen LogP contribution in [0.5, 0.6) is 0 Å². The number of anilines is 1. The number of ether oxygens (including phenoxy) is 1. The van der Waals surface area contributed by atoms with Gasteiger partial charge in [0.05, 0.1) is 34.9 Å². The van der Waals surface area contributed by atoms with Crippen LogP contribution in [0.4, 0.5) is 5.69 Å². The number of likely N-dealkylation sites (tertiary alicyclic amines) is 1. The average Bonchev–Trinajstić information content (AvgIpc) is 3.79. The molecule has 57 heavy (non-hydrogen) atoms. The first-order valence-electron chi connectivity index (χ1n) is 19.6. The molecule has 0 spiro atoms. The minimum atomic E-state index is -0.866. The zero-order valence-electron chi connectivity index (χ0n) is 33.7. The second-order valence-corrected chi connectivity index (χ2v) is 17.3. The van der Waals surface area contributed by atoms with Crippen LogP contribution in [0, 0.1) is 18.3 Å². The van der Waals surface area contributed by atoms with Crippen LogP contribution in [-0.4, -0.2) is 88.6 Å². The van der Waals surface area contributed by atoms with E-state index in [1.807, 2.05) is 76.5 Å². The number of β-amino-alcohol motifs (C(OH)–C–C–N with tert-alkyl or cyclic N) is 1. The highest BCUT2D eigenvalue weighted by Crippen LogP contribution is 2.30. The van der Waals surface area contributed by atoms with Gasteiger partial charge < -0.3 is 41.7 Å². The Kier molecular flexibility index (Phi) is 16.5. The fraction of sp³-hybridized carbons (Fsp3) is 0.548. The number of nitrogens with zero attached hydrogens (tertiary/aromatic N) is 3. The summed E-state index contributed by atoms with van der Waals surface area (Å²) in [6.45, 7) is 11.9. The first-order valence-corrected chi connectivity index (χ1v) is 20.5. The van der Waals surface area contributed by atoms with Gasteiger partial charge in [-0.05, 0) is 73.3 Å². The Labute approximate surface area is 346 Å². The van der Waals surface area contributed by atoms with Gasteiger partial charge in [0.25, 0.3) is 0 Å². The molecule has 2 aliphatic heterocycles. The van der Waals surface area contributed by atoms with E-state index in [4.69, 9.17) is 16.2 Å². The van der Waals surface area contributed by atoms with E-state index in [0.29, 0.717) is 19.4 Å². The van der Waals surface area contributed by atoms with Gasteiger partial charge in [-0.15, -0.1) is 23.7 Å². The molecule has 0 saturated carbocycles. The molecule has 0 radical (unpaired) electrons. The van der Waals surface area contributed by atoms with Gasteiger partial charge in [-0.3, -0.25) is 19.2 Å². The van der Waals surface area contributed by atoms with Crippen molar-refractivity contribution in [3.63, 3.8) is 0 Å². The van der Waals surface area contributed by atoms with Gasteiger partial charge in [-0.25, -0.2) is 4.98 Å². The third kappa shape index (κ3) is 12.7. The maximum absolute atomic E-state index is 14.1. The molecule has 3 heterocycles. The molecule has 15 heteroatoms. The molecule has 0 bridgehead atoms. The first kappa shape index (κ1) is 45.6. The molecular weight excluding hydrogens is 766 g/mol. The summed E-state index contributed by atoms with van der Waals surface area (Å²) in [5, 5.41) is 16.6. The molecule has 13 nitrogen and oxygen atoms in total. The molecule has 0 unspecified atom stereocenters. The molecule has 312 valence electrons. The van der Waals surface area contributed by atoms with E-state index in [9.17, 15) is 24.3 Å². The Balaban J connectivity index is 0.00000720. The lowest BCUT2D eigenvalue weighted by molar-refractivity contribution is -0.144. The zero-order chi connectivity index (χ0) is 40.6. The van der Waals surface area contributed by atoms with E-state index >= 15 is 0 Å². The van der Waals surface area contributed by atoms with Gasteiger partial charge in [-0.2, -0.15) is 0 Å². The standard InChI is InChI=1S/C42H59N7O6S.ClH/c1-26-38(56-25-46-26)31-10-6-29(7-11-31)22-45-40(53)35-21-33(50)23-49(35)41(54)39(42(3,4)5)47-37(52)20-28-16-18-48(19-17-28)32-12-8-30(9-13-32)24-55-27(2)34(43)14-15-36(44)51;/h6-13,25,27-28,33-35,39,50H,14-24,43H2,1-5H3,(H2,44,51)(H,45,53)(H,47,52);1H/t27-,33-,34+,35+,39-;/m1./s1. The summed E-state index contributed by atoms with van der Waals surface area (Å²) in [4.78, 5) is 61.3. The maximum atomic E-state index is 14.1. The normalized spacial score (nSPS) is 19.0. The van der Waals surface area contributed by atoms with Crippen molar-refractivity contribution < 1.29 is 29.0 Å². The van der Waals surface area contributed by atoms with E-state index in [2.05, 4.69) is 32.7 Å². The second kappa shape index (κ2) is 20.6. The van der Waals surface area contributed by atoms with Gasteiger partial charge in [0.2, 0.25) is 23.6 Å². The topological polar surface area (TPSA) is 193 Å². The van der Waals surface area contributed by atoms with Gasteiger partial charge >= 0.3 is 0 Å². The minimum Gasteiger partial charge on any atom is -0.391 e. The number of thiazole rings is 1.